The van der Waals surface area contributed by atoms with E-state index in [1.165, 1.54) is 0 Å². The van der Waals surface area contributed by atoms with Crippen LogP contribution >= 0.6 is 11.6 Å². The molecule has 2 aromatic heterocycles. The van der Waals surface area contributed by atoms with Crippen molar-refractivity contribution in [2.75, 3.05) is 6.54 Å². The van der Waals surface area contributed by atoms with Gasteiger partial charge in [-0.1, -0.05) is 11.6 Å². The van der Waals surface area contributed by atoms with Crippen LogP contribution in [0, 0.1) is 0 Å². The zero-order valence-electron chi connectivity index (χ0n) is 8.46. The number of carbonyl (C=O) groups is 1. The Kier molecular flexibility index (Phi) is 3.26. The van der Waals surface area contributed by atoms with Crippen LogP contribution in [0.3, 0.4) is 0 Å². The first kappa shape index (κ1) is 10.8. The fourth-order valence-electron chi connectivity index (χ4n) is 1.32. The summed E-state index contributed by atoms with van der Waals surface area (Å²) in [5, 5.41) is 3.29. The number of hydrogen-bond acceptors (Lipinski definition) is 2. The Bertz CT molecular complexity index is 463. The summed E-state index contributed by atoms with van der Waals surface area (Å²) in [4.78, 5) is 21.4. The van der Waals surface area contributed by atoms with Gasteiger partial charge in [0.25, 0.3) is 5.91 Å². The minimum Gasteiger partial charge on any atom is -0.356 e. The van der Waals surface area contributed by atoms with E-state index in [-0.39, 0.29) is 5.91 Å². The Morgan fingerprint density at radius 3 is 3.00 bits per heavy atom. The maximum atomic E-state index is 11.6. The molecule has 0 saturated carbocycles. The van der Waals surface area contributed by atoms with Crippen LogP contribution in [0.2, 0.25) is 5.02 Å². The van der Waals surface area contributed by atoms with Crippen molar-refractivity contribution in [3.8, 4) is 0 Å². The minimum atomic E-state index is -0.168. The molecule has 0 saturated heterocycles. The molecule has 16 heavy (non-hydrogen) atoms. The van der Waals surface area contributed by atoms with Gasteiger partial charge in [0, 0.05) is 31.6 Å². The number of H-pyrrole nitrogens is 2. The number of nitrogens with one attached hydrogen (secondary N) is 3. The van der Waals surface area contributed by atoms with Crippen LogP contribution in [0.1, 0.15) is 16.3 Å². The molecule has 2 aromatic rings. The second-order valence-electron chi connectivity index (χ2n) is 3.27. The van der Waals surface area contributed by atoms with Crippen LogP contribution in [0.4, 0.5) is 0 Å². The van der Waals surface area contributed by atoms with Crippen LogP contribution in [-0.4, -0.2) is 27.4 Å². The standard InChI is InChI=1S/C10H11ClN4O/c11-7-5-8(15-6-7)10(16)14-2-1-9-12-3-4-13-9/h3-6,15H,1-2H2,(H,12,13)(H,14,16). The molecule has 84 valence electrons. The quantitative estimate of drug-likeness (QED) is 0.753. The van der Waals surface area contributed by atoms with Crippen molar-refractivity contribution in [1.29, 1.82) is 0 Å². The lowest BCUT2D eigenvalue weighted by molar-refractivity contribution is 0.0949. The number of hydrogen-bond donors (Lipinski definition) is 3. The number of aromatic nitrogens is 3. The Morgan fingerprint density at radius 1 is 1.50 bits per heavy atom. The van der Waals surface area contributed by atoms with Crippen molar-refractivity contribution in [1.82, 2.24) is 20.3 Å². The lowest BCUT2D eigenvalue weighted by atomic mass is 10.3. The van der Waals surface area contributed by atoms with Gasteiger partial charge in [-0.15, -0.1) is 0 Å². The summed E-state index contributed by atoms with van der Waals surface area (Å²) in [5.74, 6) is 0.684. The average molecular weight is 239 g/mol. The topological polar surface area (TPSA) is 73.6 Å². The highest BCUT2D eigenvalue weighted by Gasteiger charge is 2.07. The van der Waals surface area contributed by atoms with Crippen LogP contribution in [0.5, 0.6) is 0 Å². The first-order chi connectivity index (χ1) is 7.75. The average Bonchev–Trinajstić information content (AvgIpc) is 2.89. The zero-order valence-corrected chi connectivity index (χ0v) is 9.21. The number of halogens is 1. The molecule has 0 atom stereocenters. The molecule has 0 aliphatic carbocycles. The molecular formula is C10H11ClN4O. The van der Waals surface area contributed by atoms with E-state index >= 15 is 0 Å². The van der Waals surface area contributed by atoms with Gasteiger partial charge in [0.1, 0.15) is 11.5 Å². The molecule has 5 nitrogen and oxygen atoms in total. The molecular weight excluding hydrogens is 228 g/mol. The monoisotopic (exact) mass is 238 g/mol. The van der Waals surface area contributed by atoms with Crippen LogP contribution in [0.25, 0.3) is 0 Å². The van der Waals surface area contributed by atoms with Crippen LogP contribution in [0.15, 0.2) is 24.7 Å². The first-order valence-electron chi connectivity index (χ1n) is 4.86. The molecule has 2 heterocycles. The molecule has 3 N–H and O–H groups in total. The minimum absolute atomic E-state index is 0.168. The maximum Gasteiger partial charge on any atom is 0.267 e. The molecule has 0 bridgehead atoms. The number of imidazole rings is 1. The smallest absolute Gasteiger partial charge is 0.267 e. The summed E-state index contributed by atoms with van der Waals surface area (Å²) < 4.78 is 0. The summed E-state index contributed by atoms with van der Waals surface area (Å²) in [6.45, 7) is 0.531. The van der Waals surface area contributed by atoms with E-state index in [4.69, 9.17) is 11.6 Å². The fraction of sp³-hybridized carbons (Fsp3) is 0.200. The third-order valence-corrected chi connectivity index (χ3v) is 2.31. The van der Waals surface area contributed by atoms with Crippen LogP contribution < -0.4 is 5.32 Å². The van der Waals surface area contributed by atoms with Gasteiger partial charge in [-0.05, 0) is 6.07 Å². The highest BCUT2D eigenvalue weighted by Crippen LogP contribution is 2.08. The maximum absolute atomic E-state index is 11.6. The van der Waals surface area contributed by atoms with Gasteiger partial charge in [-0.25, -0.2) is 4.98 Å². The van der Waals surface area contributed by atoms with Crippen LogP contribution in [-0.2, 0) is 6.42 Å². The van der Waals surface area contributed by atoms with Crippen molar-refractivity contribution >= 4 is 17.5 Å². The summed E-state index contributed by atoms with van der Waals surface area (Å²) in [6.07, 6.45) is 5.68. The molecule has 0 aliphatic rings. The highest BCUT2D eigenvalue weighted by molar-refractivity contribution is 6.30. The van der Waals surface area contributed by atoms with E-state index in [2.05, 4.69) is 20.3 Å². The van der Waals surface area contributed by atoms with Gasteiger partial charge < -0.3 is 15.3 Å². The van der Waals surface area contributed by atoms with Crippen molar-refractivity contribution in [3.63, 3.8) is 0 Å². The van der Waals surface area contributed by atoms with Gasteiger partial charge in [0.05, 0.1) is 5.02 Å². The molecule has 0 radical (unpaired) electrons. The number of carbonyl (C=O) groups excluding carboxylic acids is 1. The number of nitrogens with zero attached hydrogens (tertiary/aromatic N) is 1. The highest BCUT2D eigenvalue weighted by atomic mass is 35.5. The van der Waals surface area contributed by atoms with E-state index in [0.29, 0.717) is 23.7 Å². The van der Waals surface area contributed by atoms with Crippen molar-refractivity contribution in [3.05, 3.63) is 41.2 Å². The largest absolute Gasteiger partial charge is 0.356 e. The summed E-state index contributed by atoms with van der Waals surface area (Å²) in [7, 11) is 0. The number of aromatic amines is 2. The lowest BCUT2D eigenvalue weighted by Crippen LogP contribution is -2.26. The molecule has 0 spiro atoms. The SMILES string of the molecule is O=C(NCCc1ncc[nH]1)c1cc(Cl)c[nH]1. The van der Waals surface area contributed by atoms with E-state index in [1.807, 2.05) is 0 Å². The van der Waals surface area contributed by atoms with E-state index < -0.39 is 0 Å². The first-order valence-corrected chi connectivity index (χ1v) is 5.24. The van der Waals surface area contributed by atoms with Crippen molar-refractivity contribution in [2.45, 2.75) is 6.42 Å². The molecule has 6 heteroatoms. The van der Waals surface area contributed by atoms with Gasteiger partial charge in [0.15, 0.2) is 0 Å². The Balaban J connectivity index is 1.80. The zero-order chi connectivity index (χ0) is 11.4. The molecule has 0 aromatic carbocycles. The molecule has 0 unspecified atom stereocenters. The summed E-state index contributed by atoms with van der Waals surface area (Å²) in [6, 6.07) is 1.59. The second kappa shape index (κ2) is 4.85. The Labute approximate surface area is 97.2 Å². The molecule has 0 aliphatic heterocycles. The Hall–Kier alpha value is -1.75. The van der Waals surface area contributed by atoms with E-state index in [9.17, 15) is 4.79 Å². The van der Waals surface area contributed by atoms with E-state index in [0.717, 1.165) is 5.82 Å². The van der Waals surface area contributed by atoms with E-state index in [1.54, 1.807) is 24.7 Å². The normalized spacial score (nSPS) is 10.3. The number of amides is 1. The Morgan fingerprint density at radius 2 is 2.38 bits per heavy atom. The third kappa shape index (κ3) is 2.64. The predicted molar refractivity (Wildman–Crippen MR) is 60.4 cm³/mol. The lowest BCUT2D eigenvalue weighted by Gasteiger charge is -2.01. The summed E-state index contributed by atoms with van der Waals surface area (Å²) in [5.41, 5.74) is 0.462. The molecule has 2 rings (SSSR count). The van der Waals surface area contributed by atoms with Gasteiger partial charge >= 0.3 is 0 Å². The van der Waals surface area contributed by atoms with Crippen molar-refractivity contribution < 1.29 is 4.79 Å². The van der Waals surface area contributed by atoms with Gasteiger partial charge in [0.2, 0.25) is 0 Å². The predicted octanol–water partition coefficient (Wildman–Crippen LogP) is 1.36. The third-order valence-electron chi connectivity index (χ3n) is 2.09. The van der Waals surface area contributed by atoms with Gasteiger partial charge in [-0.3, -0.25) is 4.79 Å². The van der Waals surface area contributed by atoms with Crippen molar-refractivity contribution in [2.24, 2.45) is 0 Å². The summed E-state index contributed by atoms with van der Waals surface area (Å²) >= 11 is 5.69. The number of rotatable bonds is 4. The molecule has 1 amide bonds. The molecule has 0 fully saturated rings. The second-order valence-corrected chi connectivity index (χ2v) is 3.71. The fourth-order valence-corrected chi connectivity index (χ4v) is 1.49. The van der Waals surface area contributed by atoms with Gasteiger partial charge in [-0.2, -0.15) is 0 Å².